The van der Waals surface area contributed by atoms with Crippen molar-refractivity contribution >= 4 is 0 Å². The molecule has 0 saturated heterocycles. The fourth-order valence-electron chi connectivity index (χ4n) is 2.32. The quantitative estimate of drug-likeness (QED) is 0.811. The lowest BCUT2D eigenvalue weighted by molar-refractivity contribution is 0.184. The summed E-state index contributed by atoms with van der Waals surface area (Å²) in [5, 5.41) is 0. The molecule has 1 aromatic rings. The minimum absolute atomic E-state index is 0.182. The van der Waals surface area contributed by atoms with Crippen LogP contribution in [0.1, 0.15) is 30.0 Å². The first kappa shape index (κ1) is 10.6. The first-order valence-corrected chi connectivity index (χ1v) is 5.51. The molecule has 3 heteroatoms. The summed E-state index contributed by atoms with van der Waals surface area (Å²) < 4.78 is 5.06. The zero-order valence-corrected chi connectivity index (χ0v) is 9.15. The van der Waals surface area contributed by atoms with Gasteiger partial charge in [0.1, 0.15) is 0 Å². The normalized spacial score (nSPS) is 21.3. The summed E-state index contributed by atoms with van der Waals surface area (Å²) in [6, 6.07) is 4.34. The Morgan fingerprint density at radius 3 is 3.33 bits per heavy atom. The van der Waals surface area contributed by atoms with Crippen LogP contribution in [0.3, 0.4) is 0 Å². The highest BCUT2D eigenvalue weighted by Gasteiger charge is 2.28. The third-order valence-electron chi connectivity index (χ3n) is 3.17. The van der Waals surface area contributed by atoms with E-state index in [0.29, 0.717) is 5.92 Å². The number of nitrogens with two attached hydrogens (primary N) is 1. The summed E-state index contributed by atoms with van der Waals surface area (Å²) >= 11 is 0. The van der Waals surface area contributed by atoms with Gasteiger partial charge in [-0.1, -0.05) is 6.07 Å². The van der Waals surface area contributed by atoms with E-state index in [9.17, 15) is 0 Å². The molecule has 2 N–H and O–H groups in total. The number of methoxy groups -OCH3 is 1. The Labute approximate surface area is 90.7 Å². The van der Waals surface area contributed by atoms with E-state index in [-0.39, 0.29) is 6.04 Å². The van der Waals surface area contributed by atoms with Crippen LogP contribution in [0.15, 0.2) is 18.3 Å². The van der Waals surface area contributed by atoms with Gasteiger partial charge in [0.2, 0.25) is 0 Å². The van der Waals surface area contributed by atoms with Gasteiger partial charge in [-0.05, 0) is 30.9 Å². The minimum atomic E-state index is 0.182. The second-order valence-corrected chi connectivity index (χ2v) is 4.14. The van der Waals surface area contributed by atoms with Gasteiger partial charge in [-0.3, -0.25) is 4.98 Å². The Morgan fingerprint density at radius 1 is 1.67 bits per heavy atom. The van der Waals surface area contributed by atoms with Crippen LogP contribution in [-0.2, 0) is 11.2 Å². The van der Waals surface area contributed by atoms with E-state index in [1.807, 2.05) is 12.3 Å². The molecule has 1 aliphatic rings. The lowest BCUT2D eigenvalue weighted by Crippen LogP contribution is -2.29. The maximum absolute atomic E-state index is 6.16. The van der Waals surface area contributed by atoms with Gasteiger partial charge in [0.25, 0.3) is 0 Å². The van der Waals surface area contributed by atoms with E-state index < -0.39 is 0 Å². The summed E-state index contributed by atoms with van der Waals surface area (Å²) in [7, 11) is 1.72. The highest BCUT2D eigenvalue weighted by Crippen LogP contribution is 2.33. The Kier molecular flexibility index (Phi) is 3.34. The molecule has 1 aliphatic carbocycles. The molecular weight excluding hydrogens is 188 g/mol. The van der Waals surface area contributed by atoms with Crippen LogP contribution < -0.4 is 5.73 Å². The summed E-state index contributed by atoms with van der Waals surface area (Å²) in [6.45, 7) is 0.736. The van der Waals surface area contributed by atoms with Crippen LogP contribution in [0.5, 0.6) is 0 Å². The number of hydrogen-bond donors (Lipinski definition) is 1. The summed E-state index contributed by atoms with van der Waals surface area (Å²) in [4.78, 5) is 4.45. The standard InChI is InChI=1S/C12H18N2O/c1-15-8-6-11(13)10-5-4-9-3-2-7-14-12(9)10/h2-3,7,10-11H,4-6,8,13H2,1H3. The average Bonchev–Trinajstić information content (AvgIpc) is 2.69. The van der Waals surface area contributed by atoms with E-state index in [1.165, 1.54) is 11.3 Å². The van der Waals surface area contributed by atoms with Crippen molar-refractivity contribution < 1.29 is 4.74 Å². The van der Waals surface area contributed by atoms with Crippen molar-refractivity contribution in [1.29, 1.82) is 0 Å². The number of rotatable bonds is 4. The van der Waals surface area contributed by atoms with Crippen molar-refractivity contribution in [3.05, 3.63) is 29.6 Å². The number of ether oxygens (including phenoxy) is 1. The second kappa shape index (κ2) is 4.73. The van der Waals surface area contributed by atoms with Crippen molar-refractivity contribution in [2.24, 2.45) is 5.73 Å². The molecule has 2 unspecified atom stereocenters. The van der Waals surface area contributed by atoms with E-state index in [1.54, 1.807) is 7.11 Å². The number of pyridine rings is 1. The first-order chi connectivity index (χ1) is 7.33. The average molecular weight is 206 g/mol. The lowest BCUT2D eigenvalue weighted by atomic mass is 9.95. The number of hydrogen-bond acceptors (Lipinski definition) is 3. The molecule has 1 heterocycles. The Morgan fingerprint density at radius 2 is 2.53 bits per heavy atom. The molecule has 2 rings (SSSR count). The van der Waals surface area contributed by atoms with Gasteiger partial charge in [0.15, 0.2) is 0 Å². The zero-order chi connectivity index (χ0) is 10.7. The summed E-state index contributed by atoms with van der Waals surface area (Å²) in [5.74, 6) is 0.427. The molecule has 15 heavy (non-hydrogen) atoms. The number of aryl methyl sites for hydroxylation is 1. The predicted molar refractivity (Wildman–Crippen MR) is 59.8 cm³/mol. The fraction of sp³-hybridized carbons (Fsp3) is 0.583. The van der Waals surface area contributed by atoms with Gasteiger partial charge in [-0.15, -0.1) is 0 Å². The van der Waals surface area contributed by atoms with Crippen LogP contribution in [0.25, 0.3) is 0 Å². The SMILES string of the molecule is COCCC(N)C1CCc2cccnc21. The fourth-order valence-corrected chi connectivity index (χ4v) is 2.32. The summed E-state index contributed by atoms with van der Waals surface area (Å²) in [6.07, 6.45) is 5.03. The van der Waals surface area contributed by atoms with Crippen LogP contribution in [0, 0.1) is 0 Å². The molecule has 2 atom stereocenters. The molecule has 0 fully saturated rings. The van der Waals surface area contributed by atoms with Crippen LogP contribution >= 0.6 is 0 Å². The van der Waals surface area contributed by atoms with Crippen molar-refractivity contribution in [3.63, 3.8) is 0 Å². The highest BCUT2D eigenvalue weighted by molar-refractivity contribution is 5.29. The topological polar surface area (TPSA) is 48.1 Å². The van der Waals surface area contributed by atoms with E-state index in [0.717, 1.165) is 25.9 Å². The number of nitrogens with zero attached hydrogens (tertiary/aromatic N) is 1. The molecule has 0 aliphatic heterocycles. The monoisotopic (exact) mass is 206 g/mol. The molecule has 0 bridgehead atoms. The van der Waals surface area contributed by atoms with Crippen molar-refractivity contribution in [2.45, 2.75) is 31.2 Å². The van der Waals surface area contributed by atoms with Crippen LogP contribution in [0.2, 0.25) is 0 Å². The molecule has 0 amide bonds. The van der Waals surface area contributed by atoms with Gasteiger partial charge < -0.3 is 10.5 Å². The lowest BCUT2D eigenvalue weighted by Gasteiger charge is -2.18. The predicted octanol–water partition coefficient (Wildman–Crippen LogP) is 1.48. The van der Waals surface area contributed by atoms with Gasteiger partial charge in [0, 0.05) is 37.6 Å². The molecule has 3 nitrogen and oxygen atoms in total. The van der Waals surface area contributed by atoms with Gasteiger partial charge in [-0.25, -0.2) is 0 Å². The maximum Gasteiger partial charge on any atom is 0.0482 e. The second-order valence-electron chi connectivity index (χ2n) is 4.14. The van der Waals surface area contributed by atoms with Crippen molar-refractivity contribution in [2.75, 3.05) is 13.7 Å². The third kappa shape index (κ3) is 2.19. The number of aromatic nitrogens is 1. The minimum Gasteiger partial charge on any atom is -0.385 e. The summed E-state index contributed by atoms with van der Waals surface area (Å²) in [5.41, 5.74) is 8.74. The van der Waals surface area contributed by atoms with E-state index in [4.69, 9.17) is 10.5 Å². The van der Waals surface area contributed by atoms with Crippen LogP contribution in [-0.4, -0.2) is 24.7 Å². The molecule has 0 spiro atoms. The molecule has 0 aromatic carbocycles. The molecule has 1 aromatic heterocycles. The number of fused-ring (bicyclic) bond motifs is 1. The van der Waals surface area contributed by atoms with Gasteiger partial charge in [0.05, 0.1) is 0 Å². The third-order valence-corrected chi connectivity index (χ3v) is 3.17. The smallest absolute Gasteiger partial charge is 0.0482 e. The molecule has 0 saturated carbocycles. The maximum atomic E-state index is 6.16. The van der Waals surface area contributed by atoms with E-state index in [2.05, 4.69) is 11.1 Å². The molecular formula is C12H18N2O. The largest absolute Gasteiger partial charge is 0.385 e. The van der Waals surface area contributed by atoms with Crippen LogP contribution in [0.4, 0.5) is 0 Å². The van der Waals surface area contributed by atoms with E-state index >= 15 is 0 Å². The zero-order valence-electron chi connectivity index (χ0n) is 9.15. The van der Waals surface area contributed by atoms with Crippen molar-refractivity contribution in [3.8, 4) is 0 Å². The Bertz CT molecular complexity index is 327. The van der Waals surface area contributed by atoms with Crippen molar-refractivity contribution in [1.82, 2.24) is 4.98 Å². The first-order valence-electron chi connectivity index (χ1n) is 5.51. The Hall–Kier alpha value is -0.930. The van der Waals surface area contributed by atoms with Gasteiger partial charge in [-0.2, -0.15) is 0 Å². The van der Waals surface area contributed by atoms with Gasteiger partial charge >= 0.3 is 0 Å². The highest BCUT2D eigenvalue weighted by atomic mass is 16.5. The molecule has 82 valence electrons. The Balaban J connectivity index is 2.06. The molecule has 0 radical (unpaired) electrons.